The van der Waals surface area contributed by atoms with E-state index in [2.05, 4.69) is 21.2 Å². The number of alkyl halides is 3. The number of halogens is 4. The molecule has 3 nitrogen and oxygen atoms in total. The van der Waals surface area contributed by atoms with Crippen LogP contribution in [0.5, 0.6) is 0 Å². The van der Waals surface area contributed by atoms with Crippen LogP contribution in [0.2, 0.25) is 0 Å². The molecule has 1 aliphatic carbocycles. The summed E-state index contributed by atoms with van der Waals surface area (Å²) in [4.78, 5) is 11.4. The third kappa shape index (κ3) is 3.86. The third-order valence-corrected chi connectivity index (χ3v) is 3.43. The summed E-state index contributed by atoms with van der Waals surface area (Å²) >= 11 is 3.36. The zero-order valence-corrected chi connectivity index (χ0v) is 11.4. The van der Waals surface area contributed by atoms with E-state index < -0.39 is 18.8 Å². The summed E-state index contributed by atoms with van der Waals surface area (Å²) in [6, 6.07) is 4.67. The van der Waals surface area contributed by atoms with Gasteiger partial charge in [0.15, 0.2) is 0 Å². The fourth-order valence-corrected chi connectivity index (χ4v) is 2.53. The van der Waals surface area contributed by atoms with Gasteiger partial charge in [-0.1, -0.05) is 22.0 Å². The molecule has 0 radical (unpaired) electrons. The number of fused-ring (bicyclic) bond motifs is 1. The van der Waals surface area contributed by atoms with E-state index in [4.69, 9.17) is 0 Å². The van der Waals surface area contributed by atoms with Gasteiger partial charge in [-0.25, -0.2) is 4.79 Å². The molecule has 1 aliphatic rings. The lowest BCUT2D eigenvalue weighted by Gasteiger charge is -2.15. The van der Waals surface area contributed by atoms with E-state index in [1.165, 1.54) is 0 Å². The van der Waals surface area contributed by atoms with Gasteiger partial charge in [0.2, 0.25) is 0 Å². The van der Waals surface area contributed by atoms with Crippen LogP contribution in [0.25, 0.3) is 0 Å². The minimum atomic E-state index is -4.39. The van der Waals surface area contributed by atoms with Crippen molar-refractivity contribution in [3.05, 3.63) is 33.8 Å². The van der Waals surface area contributed by atoms with Gasteiger partial charge in [0.05, 0.1) is 6.04 Å². The molecule has 0 saturated heterocycles. The van der Waals surface area contributed by atoms with Crippen molar-refractivity contribution in [3.63, 3.8) is 0 Å². The Hall–Kier alpha value is -1.24. The van der Waals surface area contributed by atoms with Crippen molar-refractivity contribution in [1.82, 2.24) is 10.6 Å². The summed E-state index contributed by atoms with van der Waals surface area (Å²) in [5.41, 5.74) is 2.07. The first-order valence-electron chi connectivity index (χ1n) is 5.74. The fraction of sp³-hybridized carbons (Fsp3) is 0.417. The number of urea groups is 1. The maximum absolute atomic E-state index is 12.0. The van der Waals surface area contributed by atoms with Gasteiger partial charge in [-0.3, -0.25) is 0 Å². The summed E-state index contributed by atoms with van der Waals surface area (Å²) in [7, 11) is 0. The van der Waals surface area contributed by atoms with E-state index in [0.29, 0.717) is 6.42 Å². The Balaban J connectivity index is 1.94. The molecule has 2 amide bonds. The minimum Gasteiger partial charge on any atom is -0.331 e. The molecule has 7 heteroatoms. The fourth-order valence-electron chi connectivity index (χ4n) is 2.13. The molecule has 2 rings (SSSR count). The zero-order valence-electron chi connectivity index (χ0n) is 9.85. The minimum absolute atomic E-state index is 0.226. The van der Waals surface area contributed by atoms with Gasteiger partial charge < -0.3 is 10.6 Å². The highest BCUT2D eigenvalue weighted by Gasteiger charge is 2.29. The first-order chi connectivity index (χ1) is 8.85. The highest BCUT2D eigenvalue weighted by atomic mass is 79.9. The lowest BCUT2D eigenvalue weighted by Crippen LogP contribution is -2.41. The lowest BCUT2D eigenvalue weighted by atomic mass is 10.1. The Labute approximate surface area is 116 Å². The standard InChI is InChI=1S/C12H12BrF3N2O/c13-8-2-3-9-7(5-8)1-4-10(9)18-11(19)17-6-12(14,15)16/h2-3,5,10H,1,4,6H2,(H2,17,18,19)/t10-/m1/s1. The van der Waals surface area contributed by atoms with Crippen LogP contribution in [-0.2, 0) is 6.42 Å². The normalized spacial score (nSPS) is 18.0. The summed E-state index contributed by atoms with van der Waals surface area (Å²) < 4.78 is 36.8. The summed E-state index contributed by atoms with van der Waals surface area (Å²) in [6.07, 6.45) is -2.89. The van der Waals surface area contributed by atoms with Crippen LogP contribution in [0, 0.1) is 0 Å². The van der Waals surface area contributed by atoms with E-state index in [1.54, 1.807) is 0 Å². The Kier molecular flexibility index (Phi) is 4.03. The van der Waals surface area contributed by atoms with Gasteiger partial charge in [0, 0.05) is 4.47 Å². The van der Waals surface area contributed by atoms with Crippen molar-refractivity contribution in [2.75, 3.05) is 6.54 Å². The predicted molar refractivity (Wildman–Crippen MR) is 67.8 cm³/mol. The van der Waals surface area contributed by atoms with Gasteiger partial charge in [-0.2, -0.15) is 13.2 Å². The molecule has 0 bridgehead atoms. The highest BCUT2D eigenvalue weighted by molar-refractivity contribution is 9.10. The molecule has 0 aromatic heterocycles. The van der Waals surface area contributed by atoms with Gasteiger partial charge in [0.1, 0.15) is 6.54 Å². The SMILES string of the molecule is O=C(NCC(F)(F)F)N[C@@H]1CCc2cc(Br)ccc21. The largest absolute Gasteiger partial charge is 0.405 e. The van der Waals surface area contributed by atoms with Crippen LogP contribution in [-0.4, -0.2) is 18.8 Å². The average Bonchev–Trinajstić information content (AvgIpc) is 2.68. The van der Waals surface area contributed by atoms with Gasteiger partial charge >= 0.3 is 12.2 Å². The first kappa shape index (κ1) is 14.2. The maximum Gasteiger partial charge on any atom is 0.405 e. The van der Waals surface area contributed by atoms with Crippen molar-refractivity contribution >= 4 is 22.0 Å². The molecule has 1 aromatic carbocycles. The van der Waals surface area contributed by atoms with Crippen LogP contribution in [0.3, 0.4) is 0 Å². The Morgan fingerprint density at radius 2 is 2.16 bits per heavy atom. The number of hydrogen-bond donors (Lipinski definition) is 2. The number of rotatable bonds is 2. The quantitative estimate of drug-likeness (QED) is 0.854. The van der Waals surface area contributed by atoms with Crippen molar-refractivity contribution in [2.45, 2.75) is 25.1 Å². The maximum atomic E-state index is 12.0. The number of nitrogens with one attached hydrogen (secondary N) is 2. The van der Waals surface area contributed by atoms with Gasteiger partial charge in [-0.15, -0.1) is 0 Å². The number of carbonyl (C=O) groups excluding carboxylic acids is 1. The Bertz CT molecular complexity index is 490. The summed E-state index contributed by atoms with van der Waals surface area (Å²) in [6.45, 7) is -1.32. The van der Waals surface area contributed by atoms with E-state index in [9.17, 15) is 18.0 Å². The molecule has 0 fully saturated rings. The molecule has 0 unspecified atom stereocenters. The summed E-state index contributed by atoms with van der Waals surface area (Å²) in [5, 5.41) is 4.37. The monoisotopic (exact) mass is 336 g/mol. The number of hydrogen-bond acceptors (Lipinski definition) is 1. The average molecular weight is 337 g/mol. The molecular formula is C12H12BrF3N2O. The Morgan fingerprint density at radius 1 is 1.42 bits per heavy atom. The molecule has 0 aliphatic heterocycles. The summed E-state index contributed by atoms with van der Waals surface area (Å²) in [5.74, 6) is 0. The molecule has 1 aromatic rings. The van der Waals surface area contributed by atoms with Crippen LogP contribution >= 0.6 is 15.9 Å². The van der Waals surface area contributed by atoms with Gasteiger partial charge in [0.25, 0.3) is 0 Å². The van der Waals surface area contributed by atoms with Crippen molar-refractivity contribution < 1.29 is 18.0 Å². The molecule has 19 heavy (non-hydrogen) atoms. The second-order valence-electron chi connectivity index (χ2n) is 4.38. The number of amides is 2. The molecule has 0 heterocycles. The van der Waals surface area contributed by atoms with Crippen molar-refractivity contribution in [2.24, 2.45) is 0 Å². The molecule has 0 spiro atoms. The van der Waals surface area contributed by atoms with E-state index in [1.807, 2.05) is 23.5 Å². The van der Waals surface area contributed by atoms with Crippen LogP contribution in [0.1, 0.15) is 23.6 Å². The second-order valence-corrected chi connectivity index (χ2v) is 5.29. The predicted octanol–water partition coefficient (Wildman–Crippen LogP) is 3.30. The highest BCUT2D eigenvalue weighted by Crippen LogP contribution is 2.32. The van der Waals surface area contributed by atoms with E-state index in [0.717, 1.165) is 22.0 Å². The zero-order chi connectivity index (χ0) is 14.0. The number of aryl methyl sites for hydroxylation is 1. The smallest absolute Gasteiger partial charge is 0.331 e. The lowest BCUT2D eigenvalue weighted by molar-refractivity contribution is -0.122. The topological polar surface area (TPSA) is 41.1 Å². The van der Waals surface area contributed by atoms with Crippen molar-refractivity contribution in [3.8, 4) is 0 Å². The van der Waals surface area contributed by atoms with E-state index >= 15 is 0 Å². The van der Waals surface area contributed by atoms with Crippen LogP contribution in [0.4, 0.5) is 18.0 Å². The second kappa shape index (κ2) is 5.40. The Morgan fingerprint density at radius 3 is 2.84 bits per heavy atom. The van der Waals surface area contributed by atoms with Crippen molar-refractivity contribution in [1.29, 1.82) is 0 Å². The molecule has 1 atom stereocenters. The van der Waals surface area contributed by atoms with Crippen LogP contribution in [0.15, 0.2) is 22.7 Å². The number of carbonyl (C=O) groups is 1. The third-order valence-electron chi connectivity index (χ3n) is 2.94. The molecule has 104 valence electrons. The molecule has 2 N–H and O–H groups in total. The molecular weight excluding hydrogens is 325 g/mol. The first-order valence-corrected chi connectivity index (χ1v) is 6.54. The number of benzene rings is 1. The molecule has 0 saturated carbocycles. The van der Waals surface area contributed by atoms with Crippen LogP contribution < -0.4 is 10.6 Å². The van der Waals surface area contributed by atoms with Gasteiger partial charge in [-0.05, 0) is 36.1 Å². The van der Waals surface area contributed by atoms with E-state index in [-0.39, 0.29) is 6.04 Å².